The van der Waals surface area contributed by atoms with Crippen molar-refractivity contribution >= 4 is 64.9 Å². The Morgan fingerprint density at radius 1 is 1.19 bits per heavy atom. The van der Waals surface area contributed by atoms with Crippen molar-refractivity contribution in [2.45, 2.75) is 31.6 Å². The number of halogens is 3. The largest absolute Gasteiger partial charge is 0.372 e. The number of thiophene rings is 1. The smallest absolute Gasteiger partial charge is 0.172 e. The zero-order valence-electron chi connectivity index (χ0n) is 11.4. The van der Waals surface area contributed by atoms with Crippen LogP contribution in [0, 0.1) is 0 Å². The minimum Gasteiger partial charge on any atom is -0.372 e. The van der Waals surface area contributed by atoms with Crippen LogP contribution in [0.2, 0.25) is 0 Å². The summed E-state index contributed by atoms with van der Waals surface area (Å²) in [5.41, 5.74) is 1.14. The van der Waals surface area contributed by atoms with Gasteiger partial charge in [-0.3, -0.25) is 0 Å². The molecule has 0 aromatic carbocycles. The highest BCUT2D eigenvalue weighted by atomic mass is 79.9. The molecule has 1 saturated carbocycles. The van der Waals surface area contributed by atoms with Gasteiger partial charge in [0.1, 0.15) is 5.82 Å². The minimum atomic E-state index is 0.542. The third kappa shape index (κ3) is 3.21. The molecule has 2 aromatic rings. The lowest BCUT2D eigenvalue weighted by Gasteiger charge is -2.15. The fourth-order valence-corrected chi connectivity index (χ4v) is 5.34. The average Bonchev–Trinajstić information content (AvgIpc) is 3.10. The summed E-state index contributed by atoms with van der Waals surface area (Å²) in [7, 11) is 1.90. The monoisotopic (exact) mass is 493 g/mol. The summed E-state index contributed by atoms with van der Waals surface area (Å²) in [6.07, 6.45) is 5.02. The fraction of sp³-hybridized carbons (Fsp3) is 0.429. The Morgan fingerprint density at radius 3 is 2.48 bits per heavy atom. The van der Waals surface area contributed by atoms with Crippen LogP contribution >= 0.6 is 59.1 Å². The van der Waals surface area contributed by atoms with Crippen LogP contribution < -0.4 is 5.32 Å². The predicted octanol–water partition coefficient (Wildman–Crippen LogP) is 6.19. The molecule has 1 aliphatic rings. The van der Waals surface area contributed by atoms with E-state index in [0.717, 1.165) is 34.9 Å². The molecule has 2 aromatic heterocycles. The molecule has 21 heavy (non-hydrogen) atoms. The van der Waals surface area contributed by atoms with Gasteiger partial charge in [0.15, 0.2) is 5.82 Å². The molecule has 3 rings (SSSR count). The summed E-state index contributed by atoms with van der Waals surface area (Å²) in [4.78, 5) is 10.6. The molecule has 0 aliphatic heterocycles. The van der Waals surface area contributed by atoms with Gasteiger partial charge < -0.3 is 5.32 Å². The first-order chi connectivity index (χ1) is 10.1. The number of anilines is 1. The van der Waals surface area contributed by atoms with Crippen molar-refractivity contribution in [3.05, 3.63) is 24.5 Å². The van der Waals surface area contributed by atoms with Gasteiger partial charge in [-0.2, -0.15) is 0 Å². The topological polar surface area (TPSA) is 37.8 Å². The molecule has 0 unspecified atom stereocenters. The van der Waals surface area contributed by atoms with Gasteiger partial charge in [0.25, 0.3) is 0 Å². The van der Waals surface area contributed by atoms with E-state index in [1.54, 1.807) is 11.3 Å². The van der Waals surface area contributed by atoms with Crippen LogP contribution in [0.1, 0.15) is 37.3 Å². The molecule has 1 N–H and O–H groups in total. The molecule has 0 bridgehead atoms. The lowest BCUT2D eigenvalue weighted by atomic mass is 10.0. The van der Waals surface area contributed by atoms with Crippen LogP contribution in [0.3, 0.4) is 0 Å². The summed E-state index contributed by atoms with van der Waals surface area (Å²) < 4.78 is 3.12. The second-order valence-corrected chi connectivity index (χ2v) is 9.08. The highest BCUT2D eigenvalue weighted by molar-refractivity contribution is 9.13. The van der Waals surface area contributed by atoms with Crippen molar-refractivity contribution < 1.29 is 0 Å². The van der Waals surface area contributed by atoms with E-state index in [9.17, 15) is 0 Å². The molecular weight excluding hydrogens is 482 g/mol. The summed E-state index contributed by atoms with van der Waals surface area (Å²) in [6.45, 7) is 0. The van der Waals surface area contributed by atoms with Gasteiger partial charge in [0, 0.05) is 17.4 Å². The Bertz CT molecular complexity index is 646. The number of hydrogen-bond donors (Lipinski definition) is 1. The van der Waals surface area contributed by atoms with Crippen molar-refractivity contribution in [1.29, 1.82) is 0 Å². The second-order valence-electron chi connectivity index (χ2n) is 5.06. The standard InChI is InChI=1S/C14H14Br3N3S/c1-18-14-10(16)11(7-4-2-3-5-7)19-13(20-14)9-6-8(15)12(17)21-9/h6-7H,2-5H2,1H3,(H,18,19,20). The summed E-state index contributed by atoms with van der Waals surface area (Å²) in [6, 6.07) is 2.07. The van der Waals surface area contributed by atoms with Crippen molar-refractivity contribution in [3.8, 4) is 10.7 Å². The quantitative estimate of drug-likeness (QED) is 0.551. The van der Waals surface area contributed by atoms with E-state index in [4.69, 9.17) is 4.98 Å². The molecule has 0 saturated heterocycles. The Hall–Kier alpha value is 0.0200. The molecule has 2 heterocycles. The average molecular weight is 496 g/mol. The molecule has 1 aliphatic carbocycles. The molecular formula is C14H14Br3N3S. The predicted molar refractivity (Wildman–Crippen MR) is 99.2 cm³/mol. The lowest BCUT2D eigenvalue weighted by Crippen LogP contribution is -2.05. The third-order valence-corrected chi connectivity index (χ3v) is 7.76. The van der Waals surface area contributed by atoms with Gasteiger partial charge in [-0.25, -0.2) is 9.97 Å². The molecule has 112 valence electrons. The van der Waals surface area contributed by atoms with Gasteiger partial charge in [-0.1, -0.05) is 12.8 Å². The highest BCUT2D eigenvalue weighted by Crippen LogP contribution is 2.42. The first-order valence-corrected chi connectivity index (χ1v) is 10.00. The molecule has 7 heteroatoms. The van der Waals surface area contributed by atoms with E-state index in [1.807, 2.05) is 7.05 Å². The SMILES string of the molecule is CNc1nc(-c2cc(Br)c(Br)s2)nc(C2CCCC2)c1Br. The number of nitrogens with zero attached hydrogens (tertiary/aromatic N) is 2. The van der Waals surface area contributed by atoms with E-state index < -0.39 is 0 Å². The fourth-order valence-electron chi connectivity index (χ4n) is 2.67. The van der Waals surface area contributed by atoms with Gasteiger partial charge in [0.2, 0.25) is 0 Å². The number of rotatable bonds is 3. The van der Waals surface area contributed by atoms with Crippen molar-refractivity contribution in [1.82, 2.24) is 9.97 Å². The number of nitrogens with one attached hydrogen (secondary N) is 1. The van der Waals surface area contributed by atoms with E-state index >= 15 is 0 Å². The van der Waals surface area contributed by atoms with Gasteiger partial charge >= 0.3 is 0 Å². The van der Waals surface area contributed by atoms with E-state index in [-0.39, 0.29) is 0 Å². The summed E-state index contributed by atoms with van der Waals surface area (Å²) in [5, 5.41) is 3.17. The van der Waals surface area contributed by atoms with Crippen LogP contribution in [0.4, 0.5) is 5.82 Å². The third-order valence-electron chi connectivity index (χ3n) is 3.72. The Morgan fingerprint density at radius 2 is 1.90 bits per heavy atom. The zero-order chi connectivity index (χ0) is 15.0. The molecule has 0 atom stereocenters. The van der Waals surface area contributed by atoms with Gasteiger partial charge in [-0.15, -0.1) is 11.3 Å². The second kappa shape index (κ2) is 6.64. The van der Waals surface area contributed by atoms with Crippen molar-refractivity contribution in [3.63, 3.8) is 0 Å². The number of hydrogen-bond acceptors (Lipinski definition) is 4. The summed E-state index contributed by atoms with van der Waals surface area (Å²) >= 11 is 12.4. The first-order valence-electron chi connectivity index (χ1n) is 6.80. The number of aromatic nitrogens is 2. The lowest BCUT2D eigenvalue weighted by molar-refractivity contribution is 0.691. The molecule has 1 fully saturated rings. The molecule has 0 amide bonds. The van der Waals surface area contributed by atoms with Crippen LogP contribution in [0.25, 0.3) is 10.7 Å². The maximum absolute atomic E-state index is 4.86. The van der Waals surface area contributed by atoms with Crippen LogP contribution in [0.15, 0.2) is 18.8 Å². The normalized spacial score (nSPS) is 15.6. The minimum absolute atomic E-state index is 0.542. The van der Waals surface area contributed by atoms with Crippen molar-refractivity contribution in [2.24, 2.45) is 0 Å². The zero-order valence-corrected chi connectivity index (χ0v) is 17.0. The maximum atomic E-state index is 4.86. The van der Waals surface area contributed by atoms with Gasteiger partial charge in [-0.05, 0) is 66.7 Å². The maximum Gasteiger partial charge on any atom is 0.172 e. The Labute approximate surface area is 153 Å². The highest BCUT2D eigenvalue weighted by Gasteiger charge is 2.24. The van der Waals surface area contributed by atoms with Crippen LogP contribution in [0.5, 0.6) is 0 Å². The van der Waals surface area contributed by atoms with E-state index in [2.05, 4.69) is 64.2 Å². The molecule has 3 nitrogen and oxygen atoms in total. The molecule has 0 spiro atoms. The molecule has 0 radical (unpaired) electrons. The summed E-state index contributed by atoms with van der Waals surface area (Å²) in [5.74, 6) is 2.20. The van der Waals surface area contributed by atoms with Gasteiger partial charge in [0.05, 0.1) is 18.8 Å². The van der Waals surface area contributed by atoms with Crippen LogP contribution in [-0.2, 0) is 0 Å². The van der Waals surface area contributed by atoms with Crippen LogP contribution in [-0.4, -0.2) is 17.0 Å². The van der Waals surface area contributed by atoms with E-state index in [1.165, 1.54) is 25.7 Å². The van der Waals surface area contributed by atoms with Crippen molar-refractivity contribution in [2.75, 3.05) is 12.4 Å². The van der Waals surface area contributed by atoms with E-state index in [0.29, 0.717) is 5.92 Å². The Balaban J connectivity index is 2.10. The Kier molecular flexibility index (Phi) is 5.03. The first kappa shape index (κ1) is 15.9.